The van der Waals surface area contributed by atoms with Gasteiger partial charge in [0.2, 0.25) is 5.75 Å². The van der Waals surface area contributed by atoms with Gasteiger partial charge in [-0.05, 0) is 51.8 Å². The van der Waals surface area contributed by atoms with Crippen LogP contribution in [0.5, 0.6) is 17.2 Å². The lowest BCUT2D eigenvalue weighted by Gasteiger charge is -2.12. The molecule has 0 atom stereocenters. The standard InChI is InChI=1S/C23H26O7/c1-14(2)8-6-9-15(3)12-13-27-22-21(29-17(5)25)18-10-7-11-19(28-16(4)24)20(18)30-23(22)26/h7-8,10-12H,6,9,13H2,1-5H3. The van der Waals surface area contributed by atoms with Crippen LogP contribution in [0.1, 0.15) is 47.5 Å². The highest BCUT2D eigenvalue weighted by atomic mass is 16.6. The number of hydrogen-bond acceptors (Lipinski definition) is 7. The summed E-state index contributed by atoms with van der Waals surface area (Å²) in [5.74, 6) is -1.44. The third-order valence-electron chi connectivity index (χ3n) is 4.06. The molecule has 0 fully saturated rings. The lowest BCUT2D eigenvalue weighted by atomic mass is 10.1. The second-order valence-corrected chi connectivity index (χ2v) is 7.05. The zero-order valence-electron chi connectivity index (χ0n) is 17.9. The van der Waals surface area contributed by atoms with E-state index in [9.17, 15) is 14.4 Å². The first-order valence-electron chi connectivity index (χ1n) is 9.57. The Morgan fingerprint density at radius 1 is 0.967 bits per heavy atom. The minimum atomic E-state index is -0.839. The molecule has 30 heavy (non-hydrogen) atoms. The number of rotatable bonds is 8. The average molecular weight is 414 g/mol. The molecule has 1 aromatic heterocycles. The van der Waals surface area contributed by atoms with Crippen molar-refractivity contribution in [2.24, 2.45) is 0 Å². The monoisotopic (exact) mass is 414 g/mol. The molecule has 160 valence electrons. The average Bonchev–Trinajstić information content (AvgIpc) is 2.63. The Hall–Kier alpha value is -3.35. The Morgan fingerprint density at radius 3 is 2.30 bits per heavy atom. The second kappa shape index (κ2) is 10.4. The quantitative estimate of drug-likeness (QED) is 0.267. The maximum Gasteiger partial charge on any atom is 0.383 e. The van der Waals surface area contributed by atoms with E-state index in [1.165, 1.54) is 25.5 Å². The van der Waals surface area contributed by atoms with Crippen LogP contribution < -0.4 is 19.8 Å². The van der Waals surface area contributed by atoms with Gasteiger partial charge < -0.3 is 18.6 Å². The first kappa shape index (κ1) is 22.9. The molecule has 0 radical (unpaired) electrons. The number of carbonyl (C=O) groups is 2. The molecule has 7 nitrogen and oxygen atoms in total. The predicted molar refractivity (Wildman–Crippen MR) is 113 cm³/mol. The number of benzene rings is 1. The third-order valence-corrected chi connectivity index (χ3v) is 4.06. The summed E-state index contributed by atoms with van der Waals surface area (Å²) < 4.78 is 21.3. The van der Waals surface area contributed by atoms with Gasteiger partial charge in [-0.3, -0.25) is 9.59 Å². The van der Waals surface area contributed by atoms with E-state index in [0.717, 1.165) is 18.4 Å². The van der Waals surface area contributed by atoms with Gasteiger partial charge >= 0.3 is 17.6 Å². The molecule has 0 amide bonds. The topological polar surface area (TPSA) is 92.0 Å². The fourth-order valence-corrected chi connectivity index (χ4v) is 2.72. The molecule has 0 aliphatic carbocycles. The van der Waals surface area contributed by atoms with E-state index in [-0.39, 0.29) is 34.8 Å². The van der Waals surface area contributed by atoms with Crippen molar-refractivity contribution in [2.45, 2.75) is 47.5 Å². The van der Waals surface area contributed by atoms with Gasteiger partial charge in [-0.2, -0.15) is 0 Å². The van der Waals surface area contributed by atoms with E-state index in [0.29, 0.717) is 0 Å². The van der Waals surface area contributed by atoms with Crippen LogP contribution in [0.4, 0.5) is 0 Å². The first-order valence-corrected chi connectivity index (χ1v) is 9.57. The van der Waals surface area contributed by atoms with E-state index in [1.807, 2.05) is 26.8 Å². The van der Waals surface area contributed by atoms with Crippen molar-refractivity contribution in [3.63, 3.8) is 0 Å². The van der Waals surface area contributed by atoms with Crippen LogP contribution in [0.25, 0.3) is 11.0 Å². The smallest absolute Gasteiger partial charge is 0.383 e. The van der Waals surface area contributed by atoms with Crippen LogP contribution in [0.15, 0.2) is 50.7 Å². The minimum Gasteiger partial charge on any atom is -0.480 e. The summed E-state index contributed by atoms with van der Waals surface area (Å²) in [4.78, 5) is 35.5. The largest absolute Gasteiger partial charge is 0.480 e. The Labute approximate surface area is 174 Å². The van der Waals surface area contributed by atoms with Crippen molar-refractivity contribution in [1.82, 2.24) is 0 Å². The number of ether oxygens (including phenoxy) is 3. The second-order valence-electron chi connectivity index (χ2n) is 7.05. The summed E-state index contributed by atoms with van der Waals surface area (Å²) in [6.07, 6.45) is 5.79. The van der Waals surface area contributed by atoms with Crippen molar-refractivity contribution in [2.75, 3.05) is 6.61 Å². The van der Waals surface area contributed by atoms with Crippen molar-refractivity contribution in [1.29, 1.82) is 0 Å². The maximum absolute atomic E-state index is 12.5. The van der Waals surface area contributed by atoms with Gasteiger partial charge in [-0.25, -0.2) is 4.79 Å². The molecule has 2 aromatic rings. The third kappa shape index (κ3) is 6.34. The Kier molecular flexibility index (Phi) is 7.98. The molecular formula is C23H26O7. The van der Waals surface area contributed by atoms with E-state index in [4.69, 9.17) is 18.6 Å². The molecule has 0 spiro atoms. The van der Waals surface area contributed by atoms with Crippen LogP contribution in [0.3, 0.4) is 0 Å². The molecule has 0 aliphatic rings. The van der Waals surface area contributed by atoms with Gasteiger partial charge in [0.15, 0.2) is 17.1 Å². The minimum absolute atomic E-state index is 0.00487. The maximum atomic E-state index is 12.5. The Bertz CT molecular complexity index is 1050. The van der Waals surface area contributed by atoms with Crippen molar-refractivity contribution in [3.8, 4) is 17.2 Å². The number of fused-ring (bicyclic) bond motifs is 1. The van der Waals surface area contributed by atoms with Crippen LogP contribution in [-0.2, 0) is 9.59 Å². The van der Waals surface area contributed by atoms with E-state index < -0.39 is 17.6 Å². The zero-order valence-corrected chi connectivity index (χ0v) is 17.9. The summed E-state index contributed by atoms with van der Waals surface area (Å²) in [6, 6.07) is 4.64. The number of para-hydroxylation sites is 1. The number of hydrogen-bond donors (Lipinski definition) is 0. The molecule has 1 aromatic carbocycles. The van der Waals surface area contributed by atoms with E-state index in [2.05, 4.69) is 6.08 Å². The van der Waals surface area contributed by atoms with Crippen LogP contribution >= 0.6 is 0 Å². The summed E-state index contributed by atoms with van der Waals surface area (Å²) in [5, 5.41) is 0.280. The lowest BCUT2D eigenvalue weighted by molar-refractivity contribution is -0.132. The number of carbonyl (C=O) groups excluding carboxylic acids is 2. The molecule has 0 bridgehead atoms. The van der Waals surface area contributed by atoms with Gasteiger partial charge in [0.1, 0.15) is 6.61 Å². The SMILES string of the molecule is CC(=O)Oc1c(OCC=C(C)CCC=C(C)C)c(=O)oc2c(OC(C)=O)cccc12. The lowest BCUT2D eigenvalue weighted by Crippen LogP contribution is -2.13. The molecule has 0 unspecified atom stereocenters. The molecule has 7 heteroatoms. The van der Waals surface area contributed by atoms with E-state index >= 15 is 0 Å². The molecule has 0 N–H and O–H groups in total. The van der Waals surface area contributed by atoms with Gasteiger partial charge in [-0.15, -0.1) is 0 Å². The molecule has 0 aliphatic heterocycles. The highest BCUT2D eigenvalue weighted by molar-refractivity contribution is 5.93. The van der Waals surface area contributed by atoms with Gasteiger partial charge in [-0.1, -0.05) is 23.3 Å². The molecule has 2 rings (SSSR count). The molecule has 1 heterocycles. The van der Waals surface area contributed by atoms with Crippen molar-refractivity contribution >= 4 is 22.9 Å². The summed E-state index contributed by atoms with van der Waals surface area (Å²) in [5.41, 5.74) is 1.51. The van der Waals surface area contributed by atoms with E-state index in [1.54, 1.807) is 12.1 Å². The van der Waals surface area contributed by atoms with Crippen LogP contribution in [0, 0.1) is 0 Å². The van der Waals surface area contributed by atoms with Gasteiger partial charge in [0.25, 0.3) is 0 Å². The zero-order chi connectivity index (χ0) is 22.3. The van der Waals surface area contributed by atoms with Gasteiger partial charge in [0, 0.05) is 13.8 Å². The summed E-state index contributed by atoms with van der Waals surface area (Å²) >= 11 is 0. The van der Waals surface area contributed by atoms with Crippen molar-refractivity contribution < 1.29 is 28.2 Å². The number of esters is 2. The number of allylic oxidation sites excluding steroid dienone is 3. The summed E-state index contributed by atoms with van der Waals surface area (Å²) in [6.45, 7) is 8.62. The summed E-state index contributed by atoms with van der Waals surface area (Å²) in [7, 11) is 0. The Morgan fingerprint density at radius 2 is 1.67 bits per heavy atom. The fourth-order valence-electron chi connectivity index (χ4n) is 2.72. The fraction of sp³-hybridized carbons (Fsp3) is 0.348. The van der Waals surface area contributed by atoms with Crippen LogP contribution in [-0.4, -0.2) is 18.5 Å². The predicted octanol–water partition coefficient (Wildman–Crippen LogP) is 4.72. The molecule has 0 saturated carbocycles. The molecule has 0 saturated heterocycles. The normalized spacial score (nSPS) is 11.2. The highest BCUT2D eigenvalue weighted by Crippen LogP contribution is 2.37. The van der Waals surface area contributed by atoms with Crippen molar-refractivity contribution in [3.05, 3.63) is 51.9 Å². The van der Waals surface area contributed by atoms with Gasteiger partial charge in [0.05, 0.1) is 5.39 Å². The Balaban J connectivity index is 2.38. The highest BCUT2D eigenvalue weighted by Gasteiger charge is 2.22. The first-order chi connectivity index (χ1) is 14.2. The molecular weight excluding hydrogens is 388 g/mol. The van der Waals surface area contributed by atoms with Crippen LogP contribution in [0.2, 0.25) is 0 Å².